The molecule has 0 spiro atoms. The van der Waals surface area contributed by atoms with Crippen LogP contribution in [0.2, 0.25) is 0 Å². The zero-order chi connectivity index (χ0) is 19.4. The van der Waals surface area contributed by atoms with Crippen molar-refractivity contribution in [2.45, 2.75) is 51.2 Å². The molecule has 2 atom stereocenters. The van der Waals surface area contributed by atoms with E-state index in [1.807, 2.05) is 50.2 Å². The monoisotopic (exact) mass is 364 g/mol. The minimum Gasteiger partial charge on any atom is -0.390 e. The highest BCUT2D eigenvalue weighted by Gasteiger charge is 2.36. The summed E-state index contributed by atoms with van der Waals surface area (Å²) in [6.45, 7) is 7.25. The third-order valence-electron chi connectivity index (χ3n) is 5.35. The van der Waals surface area contributed by atoms with Crippen molar-refractivity contribution < 1.29 is 9.90 Å². The van der Waals surface area contributed by atoms with Crippen molar-refractivity contribution >= 4 is 27.7 Å². The summed E-state index contributed by atoms with van der Waals surface area (Å²) in [7, 11) is 0. The predicted octanol–water partition coefficient (Wildman–Crippen LogP) is 4.94. The quantitative estimate of drug-likeness (QED) is 0.577. The zero-order valence-corrected chi connectivity index (χ0v) is 16.1. The van der Waals surface area contributed by atoms with Crippen molar-refractivity contribution in [2.75, 3.05) is 0 Å². The van der Waals surface area contributed by atoms with Gasteiger partial charge in [0.1, 0.15) is 0 Å². The standard InChI is InChI=1S/C20H22N2O2.C3H6/c1-2-20(24)10-9-14(12-20)21-19(23)13-7-8-18-16(11-13)15-5-3-4-6-17(15)22-18;1-3-2/h3-8,11,14,22,24H,2,9-10,12H2,1H3,(H,21,23);3H,1H2,2H3. The van der Waals surface area contributed by atoms with E-state index in [1.54, 1.807) is 6.08 Å². The van der Waals surface area contributed by atoms with Crippen LogP contribution in [-0.4, -0.2) is 27.6 Å². The molecule has 0 saturated heterocycles. The Morgan fingerprint density at radius 1 is 1.30 bits per heavy atom. The fraction of sp³-hybridized carbons (Fsp3) is 0.348. The summed E-state index contributed by atoms with van der Waals surface area (Å²) in [5, 5.41) is 15.6. The number of hydrogen-bond acceptors (Lipinski definition) is 2. The fourth-order valence-electron chi connectivity index (χ4n) is 3.81. The third-order valence-corrected chi connectivity index (χ3v) is 5.35. The molecule has 0 radical (unpaired) electrons. The lowest BCUT2D eigenvalue weighted by molar-refractivity contribution is 0.0413. The highest BCUT2D eigenvalue weighted by Crippen LogP contribution is 2.33. The molecule has 27 heavy (non-hydrogen) atoms. The first-order valence-electron chi connectivity index (χ1n) is 9.60. The molecule has 0 aliphatic heterocycles. The maximum absolute atomic E-state index is 12.6. The average molecular weight is 364 g/mol. The van der Waals surface area contributed by atoms with E-state index in [0.717, 1.165) is 41.1 Å². The van der Waals surface area contributed by atoms with Gasteiger partial charge in [-0.05, 0) is 56.9 Å². The van der Waals surface area contributed by atoms with Crippen molar-refractivity contribution in [1.82, 2.24) is 10.3 Å². The Hall–Kier alpha value is -2.59. The lowest BCUT2D eigenvalue weighted by Gasteiger charge is -2.20. The van der Waals surface area contributed by atoms with E-state index in [0.29, 0.717) is 12.0 Å². The van der Waals surface area contributed by atoms with Crippen LogP contribution in [0.25, 0.3) is 21.8 Å². The summed E-state index contributed by atoms with van der Waals surface area (Å²) in [4.78, 5) is 16.0. The second kappa shape index (κ2) is 7.97. The zero-order valence-electron chi connectivity index (χ0n) is 16.1. The lowest BCUT2D eigenvalue weighted by atomic mass is 9.99. The van der Waals surface area contributed by atoms with Gasteiger partial charge in [-0.15, -0.1) is 6.58 Å². The van der Waals surface area contributed by atoms with Gasteiger partial charge in [0, 0.05) is 33.4 Å². The van der Waals surface area contributed by atoms with Gasteiger partial charge in [-0.2, -0.15) is 0 Å². The summed E-state index contributed by atoms with van der Waals surface area (Å²) in [6.07, 6.45) is 4.73. The SMILES string of the molecule is C=CC.CCC1(O)CCC(NC(=O)c2ccc3[nH]c4ccccc4c3c2)C1. The van der Waals surface area contributed by atoms with Crippen molar-refractivity contribution in [3.8, 4) is 0 Å². The number of H-pyrrole nitrogens is 1. The third kappa shape index (κ3) is 4.06. The van der Waals surface area contributed by atoms with Crippen LogP contribution in [0, 0.1) is 0 Å². The summed E-state index contributed by atoms with van der Waals surface area (Å²) >= 11 is 0. The van der Waals surface area contributed by atoms with Crippen LogP contribution in [0.1, 0.15) is 49.9 Å². The Bertz CT molecular complexity index is 959. The Kier molecular flexibility index (Phi) is 5.66. The van der Waals surface area contributed by atoms with Gasteiger partial charge in [-0.1, -0.05) is 31.2 Å². The summed E-state index contributed by atoms with van der Waals surface area (Å²) in [6, 6.07) is 13.9. The molecule has 4 heteroatoms. The molecule has 1 heterocycles. The first kappa shape index (κ1) is 19.2. The normalized spacial score (nSPS) is 21.7. The maximum atomic E-state index is 12.6. The van der Waals surface area contributed by atoms with Gasteiger partial charge in [-0.25, -0.2) is 0 Å². The number of carbonyl (C=O) groups excluding carboxylic acids is 1. The molecular formula is C23H28N2O2. The second-order valence-corrected chi connectivity index (χ2v) is 7.33. The van der Waals surface area contributed by atoms with E-state index in [4.69, 9.17) is 0 Å². The molecule has 2 unspecified atom stereocenters. The van der Waals surface area contributed by atoms with Crippen LogP contribution in [0.4, 0.5) is 0 Å². The minimum atomic E-state index is -0.612. The van der Waals surface area contributed by atoms with Crippen LogP contribution in [0.15, 0.2) is 55.1 Å². The number of benzene rings is 2. The molecule has 1 fully saturated rings. The van der Waals surface area contributed by atoms with E-state index >= 15 is 0 Å². The molecule has 2 aromatic carbocycles. The highest BCUT2D eigenvalue weighted by molar-refractivity contribution is 6.09. The first-order valence-corrected chi connectivity index (χ1v) is 9.60. The summed E-state index contributed by atoms with van der Waals surface area (Å²) in [5.41, 5.74) is 2.17. The van der Waals surface area contributed by atoms with Crippen LogP contribution < -0.4 is 5.32 Å². The molecule has 1 aliphatic rings. The molecule has 1 amide bonds. The van der Waals surface area contributed by atoms with Crippen molar-refractivity contribution in [2.24, 2.45) is 0 Å². The number of aromatic nitrogens is 1. The molecule has 4 nitrogen and oxygen atoms in total. The van der Waals surface area contributed by atoms with Crippen molar-refractivity contribution in [3.05, 3.63) is 60.7 Å². The Labute approximate surface area is 160 Å². The molecule has 1 aromatic heterocycles. The van der Waals surface area contributed by atoms with Gasteiger partial charge < -0.3 is 15.4 Å². The van der Waals surface area contributed by atoms with Crippen LogP contribution >= 0.6 is 0 Å². The largest absolute Gasteiger partial charge is 0.390 e. The molecular weight excluding hydrogens is 336 g/mol. The smallest absolute Gasteiger partial charge is 0.251 e. The van der Waals surface area contributed by atoms with Gasteiger partial charge >= 0.3 is 0 Å². The van der Waals surface area contributed by atoms with Crippen molar-refractivity contribution in [1.29, 1.82) is 0 Å². The predicted molar refractivity (Wildman–Crippen MR) is 112 cm³/mol. The van der Waals surface area contributed by atoms with E-state index in [9.17, 15) is 9.90 Å². The maximum Gasteiger partial charge on any atom is 0.251 e. The van der Waals surface area contributed by atoms with E-state index in [-0.39, 0.29) is 11.9 Å². The first-order chi connectivity index (χ1) is 13.0. The molecule has 3 aromatic rings. The Morgan fingerprint density at radius 3 is 2.70 bits per heavy atom. The van der Waals surface area contributed by atoms with Crippen LogP contribution in [-0.2, 0) is 0 Å². The van der Waals surface area contributed by atoms with Gasteiger partial charge in [0.2, 0.25) is 0 Å². The molecule has 1 aliphatic carbocycles. The van der Waals surface area contributed by atoms with Gasteiger partial charge in [0.25, 0.3) is 5.91 Å². The minimum absolute atomic E-state index is 0.0566. The van der Waals surface area contributed by atoms with Gasteiger partial charge in [-0.3, -0.25) is 4.79 Å². The number of allylic oxidation sites excluding steroid dienone is 1. The molecule has 3 N–H and O–H groups in total. The molecule has 4 rings (SSSR count). The number of rotatable bonds is 3. The second-order valence-electron chi connectivity index (χ2n) is 7.33. The van der Waals surface area contributed by atoms with Crippen LogP contribution in [0.5, 0.6) is 0 Å². The van der Waals surface area contributed by atoms with E-state index in [2.05, 4.69) is 22.9 Å². The van der Waals surface area contributed by atoms with Crippen LogP contribution in [0.3, 0.4) is 0 Å². The number of fused-ring (bicyclic) bond motifs is 3. The average Bonchev–Trinajstić information content (AvgIpc) is 3.23. The van der Waals surface area contributed by atoms with Gasteiger partial charge in [0.15, 0.2) is 0 Å². The number of aliphatic hydroxyl groups is 1. The molecule has 1 saturated carbocycles. The number of hydrogen-bond donors (Lipinski definition) is 3. The number of nitrogens with one attached hydrogen (secondary N) is 2. The number of carbonyl (C=O) groups is 1. The van der Waals surface area contributed by atoms with E-state index in [1.165, 1.54) is 0 Å². The lowest BCUT2D eigenvalue weighted by Crippen LogP contribution is -2.35. The summed E-state index contributed by atoms with van der Waals surface area (Å²) < 4.78 is 0. The topological polar surface area (TPSA) is 65.1 Å². The molecule has 0 bridgehead atoms. The molecule has 142 valence electrons. The van der Waals surface area contributed by atoms with Gasteiger partial charge in [0.05, 0.1) is 5.60 Å². The Morgan fingerprint density at radius 2 is 2.00 bits per heavy atom. The number of para-hydroxylation sites is 1. The van der Waals surface area contributed by atoms with E-state index < -0.39 is 5.60 Å². The number of amides is 1. The number of aromatic amines is 1. The fourth-order valence-corrected chi connectivity index (χ4v) is 3.81. The highest BCUT2D eigenvalue weighted by atomic mass is 16.3. The summed E-state index contributed by atoms with van der Waals surface area (Å²) in [5.74, 6) is -0.0625. The van der Waals surface area contributed by atoms with Crippen molar-refractivity contribution in [3.63, 3.8) is 0 Å². The Balaban J connectivity index is 0.000000659.